The largest absolute Gasteiger partial charge is 0.495 e. The van der Waals surface area contributed by atoms with Crippen molar-refractivity contribution in [2.24, 2.45) is 7.05 Å². The van der Waals surface area contributed by atoms with Gasteiger partial charge in [0.05, 0.1) is 19.0 Å². The molecular formula is C14H18N4O. The number of ether oxygens (including phenoxy) is 1. The summed E-state index contributed by atoms with van der Waals surface area (Å²) in [7, 11) is 5.72. The highest BCUT2D eigenvalue weighted by molar-refractivity contribution is 5.85. The Bertz CT molecular complexity index is 633. The molecule has 0 spiro atoms. The van der Waals surface area contributed by atoms with Crippen LogP contribution in [0.3, 0.4) is 0 Å². The molecule has 0 radical (unpaired) electrons. The molecule has 0 bridgehead atoms. The molecule has 0 atom stereocenters. The van der Waals surface area contributed by atoms with E-state index in [2.05, 4.69) is 17.0 Å². The van der Waals surface area contributed by atoms with Gasteiger partial charge in [-0.15, -0.1) is 0 Å². The van der Waals surface area contributed by atoms with Crippen LogP contribution in [0, 0.1) is 0 Å². The molecule has 3 rings (SSSR count). The molecule has 0 unspecified atom stereocenters. The van der Waals surface area contributed by atoms with Crippen molar-refractivity contribution in [3.05, 3.63) is 24.0 Å². The Morgan fingerprint density at radius 2 is 2.05 bits per heavy atom. The summed E-state index contributed by atoms with van der Waals surface area (Å²) in [5.41, 5.74) is 11.4. The maximum absolute atomic E-state index is 6.04. The molecule has 19 heavy (non-hydrogen) atoms. The molecule has 1 aromatic heterocycles. The van der Waals surface area contributed by atoms with Gasteiger partial charge < -0.3 is 15.4 Å². The van der Waals surface area contributed by atoms with Crippen LogP contribution in [0.1, 0.15) is 5.69 Å². The quantitative estimate of drug-likeness (QED) is 0.791. The number of methoxy groups -OCH3 is 1. The lowest BCUT2D eigenvalue weighted by molar-refractivity contribution is 0.417. The highest BCUT2D eigenvalue weighted by Gasteiger charge is 2.22. The van der Waals surface area contributed by atoms with Gasteiger partial charge in [-0.05, 0) is 6.07 Å². The van der Waals surface area contributed by atoms with Gasteiger partial charge >= 0.3 is 0 Å². The van der Waals surface area contributed by atoms with E-state index in [0.29, 0.717) is 5.69 Å². The topological polar surface area (TPSA) is 56.3 Å². The molecule has 0 saturated heterocycles. The number of anilines is 2. The van der Waals surface area contributed by atoms with Gasteiger partial charge in [0.15, 0.2) is 0 Å². The Hall–Kier alpha value is -2.17. The number of hydrogen-bond acceptors (Lipinski definition) is 4. The molecule has 5 nitrogen and oxygen atoms in total. The maximum atomic E-state index is 6.04. The minimum atomic E-state index is 0.659. The number of aromatic nitrogens is 2. The number of aryl methyl sites for hydroxylation is 1. The first kappa shape index (κ1) is 11.9. The zero-order chi connectivity index (χ0) is 13.6. The second kappa shape index (κ2) is 4.19. The number of nitrogens with two attached hydrogens (primary N) is 1. The van der Waals surface area contributed by atoms with Crippen LogP contribution < -0.4 is 15.4 Å². The van der Waals surface area contributed by atoms with E-state index in [4.69, 9.17) is 10.5 Å². The van der Waals surface area contributed by atoms with Crippen molar-refractivity contribution in [2.45, 2.75) is 6.42 Å². The van der Waals surface area contributed by atoms with Crippen molar-refractivity contribution in [1.82, 2.24) is 9.78 Å². The van der Waals surface area contributed by atoms with Crippen LogP contribution in [0.5, 0.6) is 5.75 Å². The first-order valence-electron chi connectivity index (χ1n) is 6.31. The van der Waals surface area contributed by atoms with Gasteiger partial charge in [0.1, 0.15) is 5.75 Å². The first-order chi connectivity index (χ1) is 9.11. The van der Waals surface area contributed by atoms with Crippen LogP contribution in [0.15, 0.2) is 18.3 Å². The van der Waals surface area contributed by atoms with Gasteiger partial charge in [-0.1, -0.05) is 0 Å². The van der Waals surface area contributed by atoms with Crippen LogP contribution in [0.25, 0.3) is 11.1 Å². The molecule has 1 aromatic carbocycles. The fraction of sp³-hybridized carbons (Fsp3) is 0.357. The van der Waals surface area contributed by atoms with E-state index in [1.807, 2.05) is 30.1 Å². The number of nitrogens with zero attached hydrogens (tertiary/aromatic N) is 3. The number of rotatable bonds is 1. The van der Waals surface area contributed by atoms with E-state index in [1.165, 1.54) is 5.69 Å². The Labute approximate surface area is 112 Å². The molecule has 2 aromatic rings. The van der Waals surface area contributed by atoms with Crippen LogP contribution in [-0.4, -0.2) is 30.5 Å². The van der Waals surface area contributed by atoms with Gasteiger partial charge in [-0.3, -0.25) is 4.68 Å². The van der Waals surface area contributed by atoms with E-state index in [9.17, 15) is 0 Å². The average molecular weight is 258 g/mol. The lowest BCUT2D eigenvalue weighted by Crippen LogP contribution is -2.20. The Morgan fingerprint density at radius 1 is 1.26 bits per heavy atom. The molecule has 1 aliphatic rings. The highest BCUT2D eigenvalue weighted by atomic mass is 16.5. The third-order valence-electron chi connectivity index (χ3n) is 3.80. The molecule has 0 amide bonds. The first-order valence-corrected chi connectivity index (χ1v) is 6.31. The van der Waals surface area contributed by atoms with Gasteiger partial charge in [0.2, 0.25) is 0 Å². The SMILES string of the molecule is COc1cc2c(cc1N)-c1cnn(C)c1CCN2C. The zero-order valence-corrected chi connectivity index (χ0v) is 11.5. The minimum Gasteiger partial charge on any atom is -0.495 e. The third-order valence-corrected chi connectivity index (χ3v) is 3.80. The van der Waals surface area contributed by atoms with E-state index >= 15 is 0 Å². The molecular weight excluding hydrogens is 240 g/mol. The van der Waals surface area contributed by atoms with Crippen LogP contribution in [-0.2, 0) is 13.5 Å². The molecule has 5 heteroatoms. The second-order valence-corrected chi connectivity index (χ2v) is 4.91. The van der Waals surface area contributed by atoms with Gasteiger partial charge in [0, 0.05) is 55.6 Å². The van der Waals surface area contributed by atoms with Crippen molar-refractivity contribution < 1.29 is 4.74 Å². The predicted molar refractivity (Wildman–Crippen MR) is 76.6 cm³/mol. The average Bonchev–Trinajstić information content (AvgIpc) is 2.70. The summed E-state index contributed by atoms with van der Waals surface area (Å²) in [5.74, 6) is 0.720. The lowest BCUT2D eigenvalue weighted by Gasteiger charge is -2.20. The molecule has 0 aliphatic carbocycles. The molecule has 1 aliphatic heterocycles. The predicted octanol–water partition coefficient (Wildman–Crippen LogP) is 1.67. The van der Waals surface area contributed by atoms with Crippen molar-refractivity contribution in [3.8, 4) is 16.9 Å². The summed E-state index contributed by atoms with van der Waals surface area (Å²) in [4.78, 5) is 2.23. The standard InChI is InChI=1S/C14H18N4O/c1-17-5-4-12-10(8-16-18(12)2)9-6-11(15)14(19-3)7-13(9)17/h6-8H,4-5,15H2,1-3H3. The highest BCUT2D eigenvalue weighted by Crippen LogP contribution is 2.40. The number of benzene rings is 1. The van der Waals surface area contributed by atoms with Crippen LogP contribution >= 0.6 is 0 Å². The Morgan fingerprint density at radius 3 is 2.79 bits per heavy atom. The molecule has 0 fully saturated rings. The van der Waals surface area contributed by atoms with E-state index < -0.39 is 0 Å². The number of nitrogen functional groups attached to an aromatic ring is 1. The lowest BCUT2D eigenvalue weighted by atomic mass is 10.0. The fourth-order valence-corrected chi connectivity index (χ4v) is 2.67. The normalized spacial score (nSPS) is 13.7. The van der Waals surface area contributed by atoms with Crippen molar-refractivity contribution in [3.63, 3.8) is 0 Å². The Kier molecular flexibility index (Phi) is 2.62. The second-order valence-electron chi connectivity index (χ2n) is 4.91. The van der Waals surface area contributed by atoms with Gasteiger partial charge in [-0.25, -0.2) is 0 Å². The Balaban J connectivity index is 2.27. The molecule has 2 N–H and O–H groups in total. The summed E-state index contributed by atoms with van der Waals surface area (Å²) >= 11 is 0. The van der Waals surface area contributed by atoms with Gasteiger partial charge in [-0.2, -0.15) is 5.10 Å². The maximum Gasteiger partial charge on any atom is 0.143 e. The van der Waals surface area contributed by atoms with E-state index in [0.717, 1.165) is 35.5 Å². The van der Waals surface area contributed by atoms with E-state index in [1.54, 1.807) is 7.11 Å². The summed E-state index contributed by atoms with van der Waals surface area (Å²) in [6.45, 7) is 0.951. The van der Waals surface area contributed by atoms with Crippen molar-refractivity contribution >= 4 is 11.4 Å². The molecule has 2 heterocycles. The fourth-order valence-electron chi connectivity index (χ4n) is 2.67. The smallest absolute Gasteiger partial charge is 0.143 e. The summed E-state index contributed by atoms with van der Waals surface area (Å²) < 4.78 is 7.26. The van der Waals surface area contributed by atoms with Crippen LogP contribution in [0.4, 0.5) is 11.4 Å². The minimum absolute atomic E-state index is 0.659. The molecule has 100 valence electrons. The number of fused-ring (bicyclic) bond motifs is 3. The summed E-state index contributed by atoms with van der Waals surface area (Å²) in [5, 5.41) is 4.36. The van der Waals surface area contributed by atoms with Crippen molar-refractivity contribution in [2.75, 3.05) is 31.3 Å². The van der Waals surface area contributed by atoms with Crippen LogP contribution in [0.2, 0.25) is 0 Å². The van der Waals surface area contributed by atoms with Crippen molar-refractivity contribution in [1.29, 1.82) is 0 Å². The zero-order valence-electron chi connectivity index (χ0n) is 11.5. The summed E-state index contributed by atoms with van der Waals surface area (Å²) in [6, 6.07) is 3.99. The number of likely N-dealkylation sites (N-methyl/N-ethyl adjacent to an activating group) is 1. The van der Waals surface area contributed by atoms with Gasteiger partial charge in [0.25, 0.3) is 0 Å². The monoisotopic (exact) mass is 258 g/mol. The number of hydrogen-bond donors (Lipinski definition) is 1. The third kappa shape index (κ3) is 1.73. The van der Waals surface area contributed by atoms with E-state index in [-0.39, 0.29) is 0 Å². The molecule has 0 saturated carbocycles. The summed E-state index contributed by atoms with van der Waals surface area (Å²) in [6.07, 6.45) is 2.89.